The number of morpholine rings is 1. The molecule has 1 fully saturated rings. The van der Waals surface area contributed by atoms with Crippen LogP contribution in [0, 0.1) is 0 Å². The van der Waals surface area contributed by atoms with E-state index < -0.39 is 6.10 Å². The molecule has 0 aliphatic carbocycles. The minimum absolute atomic E-state index is 0.0789. The minimum atomic E-state index is -0.889. The standard InChI is InChI=1S/C9H18N2O4/c12-6-7(13)4-11-9(14)3-8-5-10-1-2-15-8/h7-8,10,12-13H,1-6H2,(H,11,14). The molecule has 0 radical (unpaired) electrons. The number of rotatable bonds is 5. The lowest BCUT2D eigenvalue weighted by atomic mass is 10.2. The molecular formula is C9H18N2O4. The van der Waals surface area contributed by atoms with E-state index in [0.29, 0.717) is 13.2 Å². The molecule has 6 nitrogen and oxygen atoms in total. The Balaban J connectivity index is 2.11. The van der Waals surface area contributed by atoms with E-state index in [4.69, 9.17) is 14.9 Å². The molecule has 1 amide bonds. The lowest BCUT2D eigenvalue weighted by Crippen LogP contribution is -2.42. The van der Waals surface area contributed by atoms with Gasteiger partial charge in [0.2, 0.25) is 5.91 Å². The number of carbonyl (C=O) groups is 1. The minimum Gasteiger partial charge on any atom is -0.394 e. The van der Waals surface area contributed by atoms with Crippen molar-refractivity contribution in [1.29, 1.82) is 0 Å². The quantitative estimate of drug-likeness (QED) is 0.422. The van der Waals surface area contributed by atoms with E-state index in [1.165, 1.54) is 0 Å². The molecule has 0 saturated carbocycles. The molecule has 1 heterocycles. The predicted octanol–water partition coefficient (Wildman–Crippen LogP) is -2.17. The fraction of sp³-hybridized carbons (Fsp3) is 0.889. The number of hydrogen-bond acceptors (Lipinski definition) is 5. The normalized spacial score (nSPS) is 23.5. The average molecular weight is 218 g/mol. The molecule has 0 spiro atoms. The van der Waals surface area contributed by atoms with Crippen LogP contribution in [0.3, 0.4) is 0 Å². The first-order valence-corrected chi connectivity index (χ1v) is 5.10. The van der Waals surface area contributed by atoms with Gasteiger partial charge in [-0.2, -0.15) is 0 Å². The molecule has 0 aromatic rings. The Bertz CT molecular complexity index is 195. The van der Waals surface area contributed by atoms with Crippen LogP contribution in [0.5, 0.6) is 0 Å². The van der Waals surface area contributed by atoms with Gasteiger partial charge in [-0.3, -0.25) is 4.79 Å². The van der Waals surface area contributed by atoms with E-state index in [2.05, 4.69) is 10.6 Å². The van der Waals surface area contributed by atoms with Gasteiger partial charge in [0.25, 0.3) is 0 Å². The smallest absolute Gasteiger partial charge is 0.222 e. The zero-order chi connectivity index (χ0) is 11.1. The first-order chi connectivity index (χ1) is 7.22. The average Bonchev–Trinajstić information content (AvgIpc) is 2.27. The first kappa shape index (κ1) is 12.4. The summed E-state index contributed by atoms with van der Waals surface area (Å²) in [4.78, 5) is 11.3. The first-order valence-electron chi connectivity index (χ1n) is 5.10. The van der Waals surface area contributed by atoms with E-state index in [1.54, 1.807) is 0 Å². The Morgan fingerprint density at radius 3 is 3.07 bits per heavy atom. The Hall–Kier alpha value is -0.690. The number of carbonyl (C=O) groups excluding carboxylic acids is 1. The van der Waals surface area contributed by atoms with Crippen molar-refractivity contribution in [2.75, 3.05) is 32.8 Å². The number of amides is 1. The molecule has 2 unspecified atom stereocenters. The maximum absolute atomic E-state index is 11.3. The summed E-state index contributed by atoms with van der Waals surface area (Å²) < 4.78 is 5.35. The molecule has 2 atom stereocenters. The summed E-state index contributed by atoms with van der Waals surface area (Å²) in [5.74, 6) is -0.170. The SMILES string of the molecule is O=C(CC1CNCCO1)NCC(O)CO. The van der Waals surface area contributed by atoms with Crippen molar-refractivity contribution in [2.24, 2.45) is 0 Å². The van der Waals surface area contributed by atoms with E-state index >= 15 is 0 Å². The van der Waals surface area contributed by atoms with Crippen LogP contribution in [0.15, 0.2) is 0 Å². The summed E-state index contributed by atoms with van der Waals surface area (Å²) >= 11 is 0. The molecule has 1 saturated heterocycles. The molecule has 1 aliphatic rings. The Morgan fingerprint density at radius 1 is 1.67 bits per heavy atom. The van der Waals surface area contributed by atoms with Crippen molar-refractivity contribution in [3.8, 4) is 0 Å². The molecule has 0 bridgehead atoms. The maximum Gasteiger partial charge on any atom is 0.222 e. The van der Waals surface area contributed by atoms with Gasteiger partial charge in [0.05, 0.1) is 31.8 Å². The Morgan fingerprint density at radius 2 is 2.47 bits per heavy atom. The van der Waals surface area contributed by atoms with Gasteiger partial charge in [-0.15, -0.1) is 0 Å². The maximum atomic E-state index is 11.3. The second kappa shape index (κ2) is 6.73. The molecule has 0 aromatic heterocycles. The van der Waals surface area contributed by atoms with Gasteiger partial charge in [-0.25, -0.2) is 0 Å². The zero-order valence-electron chi connectivity index (χ0n) is 8.61. The van der Waals surface area contributed by atoms with E-state index in [1.807, 2.05) is 0 Å². The van der Waals surface area contributed by atoms with Crippen LogP contribution in [0.25, 0.3) is 0 Å². The summed E-state index contributed by atoms with van der Waals surface area (Å²) in [6.45, 7) is 1.85. The predicted molar refractivity (Wildman–Crippen MR) is 53.3 cm³/mol. The second-order valence-corrected chi connectivity index (χ2v) is 3.54. The van der Waals surface area contributed by atoms with Gasteiger partial charge in [0.1, 0.15) is 0 Å². The van der Waals surface area contributed by atoms with Crippen molar-refractivity contribution < 1.29 is 19.7 Å². The van der Waals surface area contributed by atoms with Crippen molar-refractivity contribution >= 4 is 5.91 Å². The molecule has 6 heteroatoms. The largest absolute Gasteiger partial charge is 0.394 e. The summed E-state index contributed by atoms with van der Waals surface area (Å²) in [7, 11) is 0. The molecule has 4 N–H and O–H groups in total. The van der Waals surface area contributed by atoms with Crippen LogP contribution < -0.4 is 10.6 Å². The van der Waals surface area contributed by atoms with Gasteiger partial charge in [0, 0.05) is 19.6 Å². The van der Waals surface area contributed by atoms with Gasteiger partial charge in [-0.1, -0.05) is 0 Å². The Labute approximate surface area is 88.6 Å². The van der Waals surface area contributed by atoms with Gasteiger partial charge >= 0.3 is 0 Å². The third-order valence-corrected chi connectivity index (χ3v) is 2.16. The van der Waals surface area contributed by atoms with Gasteiger partial charge in [0.15, 0.2) is 0 Å². The highest BCUT2D eigenvalue weighted by Gasteiger charge is 2.17. The second-order valence-electron chi connectivity index (χ2n) is 3.54. The number of hydrogen-bond donors (Lipinski definition) is 4. The summed E-state index contributed by atoms with van der Waals surface area (Å²) in [6, 6.07) is 0. The van der Waals surface area contributed by atoms with Crippen molar-refractivity contribution in [3.63, 3.8) is 0 Å². The lowest BCUT2D eigenvalue weighted by Gasteiger charge is -2.23. The summed E-state index contributed by atoms with van der Waals surface area (Å²) in [5.41, 5.74) is 0. The van der Waals surface area contributed by atoms with Crippen LogP contribution >= 0.6 is 0 Å². The van der Waals surface area contributed by atoms with Crippen molar-refractivity contribution in [1.82, 2.24) is 10.6 Å². The lowest BCUT2D eigenvalue weighted by molar-refractivity contribution is -0.125. The highest BCUT2D eigenvalue weighted by Crippen LogP contribution is 2.00. The zero-order valence-corrected chi connectivity index (χ0v) is 8.61. The van der Waals surface area contributed by atoms with E-state index in [9.17, 15) is 4.79 Å². The number of ether oxygens (including phenoxy) is 1. The van der Waals surface area contributed by atoms with Crippen LogP contribution in [-0.2, 0) is 9.53 Å². The summed E-state index contributed by atoms with van der Waals surface area (Å²) in [5, 5.41) is 23.2. The fourth-order valence-electron chi connectivity index (χ4n) is 1.33. The molecule has 1 rings (SSSR count). The molecule has 0 aromatic carbocycles. The molecule has 1 aliphatic heterocycles. The van der Waals surface area contributed by atoms with Crippen molar-refractivity contribution in [3.05, 3.63) is 0 Å². The summed E-state index contributed by atoms with van der Waals surface area (Å²) in [6.07, 6.45) is -0.699. The van der Waals surface area contributed by atoms with Crippen molar-refractivity contribution in [2.45, 2.75) is 18.6 Å². The van der Waals surface area contributed by atoms with E-state index in [0.717, 1.165) is 6.54 Å². The third kappa shape index (κ3) is 5.08. The number of nitrogens with one attached hydrogen (secondary N) is 2. The fourth-order valence-corrected chi connectivity index (χ4v) is 1.33. The number of aliphatic hydroxyl groups is 2. The third-order valence-electron chi connectivity index (χ3n) is 2.16. The number of aliphatic hydroxyl groups excluding tert-OH is 2. The Kier molecular flexibility index (Phi) is 5.56. The molecule has 88 valence electrons. The topological polar surface area (TPSA) is 90.8 Å². The monoisotopic (exact) mass is 218 g/mol. The van der Waals surface area contributed by atoms with Crippen LogP contribution in [0.2, 0.25) is 0 Å². The van der Waals surface area contributed by atoms with E-state index in [-0.39, 0.29) is 31.6 Å². The van der Waals surface area contributed by atoms with Crippen LogP contribution in [0.4, 0.5) is 0 Å². The van der Waals surface area contributed by atoms with Gasteiger partial charge in [-0.05, 0) is 0 Å². The van der Waals surface area contributed by atoms with Gasteiger partial charge < -0.3 is 25.6 Å². The van der Waals surface area contributed by atoms with Crippen LogP contribution in [-0.4, -0.2) is 61.2 Å². The molecule has 15 heavy (non-hydrogen) atoms. The molecular weight excluding hydrogens is 200 g/mol. The highest BCUT2D eigenvalue weighted by molar-refractivity contribution is 5.76. The highest BCUT2D eigenvalue weighted by atomic mass is 16.5. The van der Waals surface area contributed by atoms with Crippen LogP contribution in [0.1, 0.15) is 6.42 Å².